The molecule has 0 saturated heterocycles. The van der Waals surface area contributed by atoms with Gasteiger partial charge in [-0.05, 0) is 19.8 Å². The number of nitrogens with zero attached hydrogens (tertiary/aromatic N) is 2. The summed E-state index contributed by atoms with van der Waals surface area (Å²) in [6.45, 7) is 1.77. The van der Waals surface area contributed by atoms with Gasteiger partial charge in [0.1, 0.15) is 0 Å². The largest absolute Gasteiger partial charge is 0.492 e. The number of carbonyl (C=O) groups excluding carboxylic acids is 1. The van der Waals surface area contributed by atoms with Crippen molar-refractivity contribution in [1.29, 1.82) is 0 Å². The summed E-state index contributed by atoms with van der Waals surface area (Å²) in [4.78, 5) is 28.9. The van der Waals surface area contributed by atoms with E-state index in [-0.39, 0.29) is 11.6 Å². The van der Waals surface area contributed by atoms with Crippen molar-refractivity contribution < 1.29 is 9.90 Å². The molecule has 0 bridgehead atoms. The lowest BCUT2D eigenvalue weighted by atomic mass is 10.2. The number of amides is 1. The molecule has 0 atom stereocenters. The Labute approximate surface area is 119 Å². The average molecular weight is 293 g/mol. The lowest BCUT2D eigenvalue weighted by Gasteiger charge is -2.12. The van der Waals surface area contributed by atoms with Crippen LogP contribution in [-0.4, -0.2) is 26.4 Å². The fraction of sp³-hybridized carbons (Fsp3) is 0.462. The van der Waals surface area contributed by atoms with Gasteiger partial charge in [0, 0.05) is 17.1 Å². The molecule has 6 nitrogen and oxygen atoms in total. The summed E-state index contributed by atoms with van der Waals surface area (Å²) in [5, 5.41) is 14.4. The first-order valence-corrected chi connectivity index (χ1v) is 7.46. The van der Waals surface area contributed by atoms with Gasteiger partial charge in [0.15, 0.2) is 10.5 Å². The van der Waals surface area contributed by atoms with Crippen molar-refractivity contribution >= 4 is 22.2 Å². The minimum atomic E-state index is -0.535. The first kappa shape index (κ1) is 13.1. The van der Waals surface area contributed by atoms with Gasteiger partial charge < -0.3 is 10.4 Å². The van der Waals surface area contributed by atoms with Gasteiger partial charge >= 0.3 is 0 Å². The molecule has 0 spiro atoms. The van der Waals surface area contributed by atoms with Gasteiger partial charge in [0.2, 0.25) is 5.88 Å². The number of aryl methyl sites for hydroxylation is 1. The highest BCUT2D eigenvalue weighted by Gasteiger charge is 2.24. The molecule has 106 valence electrons. The molecule has 1 amide bonds. The van der Waals surface area contributed by atoms with Crippen LogP contribution in [0.5, 0.6) is 5.88 Å². The van der Waals surface area contributed by atoms with Gasteiger partial charge in [-0.3, -0.25) is 14.0 Å². The summed E-state index contributed by atoms with van der Waals surface area (Å²) in [5.41, 5.74) is -0.0740. The summed E-state index contributed by atoms with van der Waals surface area (Å²) in [6.07, 6.45) is 4.00. The van der Waals surface area contributed by atoms with Gasteiger partial charge in [-0.1, -0.05) is 12.8 Å². The number of fused-ring (bicyclic) bond motifs is 1. The second kappa shape index (κ2) is 4.90. The second-order valence-corrected chi connectivity index (χ2v) is 5.90. The molecular formula is C13H15N3O3S. The van der Waals surface area contributed by atoms with Crippen LogP contribution in [0.15, 0.2) is 10.2 Å². The maximum Gasteiger partial charge on any atom is 0.275 e. The SMILES string of the molecule is Cc1csc2nc(O)c(C(=O)NC3CCCC3)c(=O)n12. The normalized spacial score (nSPS) is 15.8. The van der Waals surface area contributed by atoms with Crippen molar-refractivity contribution in [3.8, 4) is 5.88 Å². The zero-order chi connectivity index (χ0) is 14.3. The Hall–Kier alpha value is -1.89. The van der Waals surface area contributed by atoms with Crippen molar-refractivity contribution in [2.75, 3.05) is 0 Å². The predicted octanol–water partition coefficient (Wildman–Crippen LogP) is 1.44. The highest BCUT2D eigenvalue weighted by molar-refractivity contribution is 7.15. The van der Waals surface area contributed by atoms with Crippen LogP contribution in [0, 0.1) is 6.92 Å². The Morgan fingerprint density at radius 3 is 2.90 bits per heavy atom. The van der Waals surface area contributed by atoms with Crippen LogP contribution < -0.4 is 10.9 Å². The zero-order valence-corrected chi connectivity index (χ0v) is 11.9. The first-order chi connectivity index (χ1) is 9.58. The van der Waals surface area contributed by atoms with E-state index in [1.165, 1.54) is 15.7 Å². The van der Waals surface area contributed by atoms with Gasteiger partial charge in [-0.15, -0.1) is 11.3 Å². The first-order valence-electron chi connectivity index (χ1n) is 6.58. The van der Waals surface area contributed by atoms with Gasteiger partial charge in [-0.2, -0.15) is 4.98 Å². The maximum absolute atomic E-state index is 12.4. The Kier molecular flexibility index (Phi) is 3.21. The minimum Gasteiger partial charge on any atom is -0.492 e. The smallest absolute Gasteiger partial charge is 0.275 e. The van der Waals surface area contributed by atoms with Crippen LogP contribution >= 0.6 is 11.3 Å². The van der Waals surface area contributed by atoms with Crippen molar-refractivity contribution in [2.45, 2.75) is 38.6 Å². The van der Waals surface area contributed by atoms with Gasteiger partial charge in [0.05, 0.1) is 0 Å². The molecule has 1 fully saturated rings. The molecule has 0 radical (unpaired) electrons. The third-order valence-corrected chi connectivity index (χ3v) is 4.58. The molecule has 2 aromatic rings. The molecule has 2 N–H and O–H groups in total. The zero-order valence-electron chi connectivity index (χ0n) is 11.0. The van der Waals surface area contributed by atoms with Crippen molar-refractivity contribution in [1.82, 2.24) is 14.7 Å². The van der Waals surface area contributed by atoms with E-state index in [4.69, 9.17) is 0 Å². The van der Waals surface area contributed by atoms with Crippen LogP contribution in [0.2, 0.25) is 0 Å². The molecule has 0 aliphatic heterocycles. The fourth-order valence-electron chi connectivity index (χ4n) is 2.60. The molecule has 1 aliphatic rings. The van der Waals surface area contributed by atoms with E-state index in [1.807, 2.05) is 0 Å². The third kappa shape index (κ3) is 2.07. The molecular weight excluding hydrogens is 278 g/mol. The molecule has 0 aromatic carbocycles. The number of hydrogen-bond acceptors (Lipinski definition) is 5. The molecule has 3 rings (SSSR count). The van der Waals surface area contributed by atoms with E-state index in [9.17, 15) is 14.7 Å². The van der Waals surface area contributed by atoms with Crippen molar-refractivity contribution in [2.24, 2.45) is 0 Å². The van der Waals surface area contributed by atoms with E-state index < -0.39 is 17.3 Å². The number of aromatic nitrogens is 2. The molecule has 1 aliphatic carbocycles. The Morgan fingerprint density at radius 1 is 1.50 bits per heavy atom. The van der Waals surface area contributed by atoms with Gasteiger partial charge in [-0.25, -0.2) is 0 Å². The number of rotatable bonds is 2. The Morgan fingerprint density at radius 2 is 2.20 bits per heavy atom. The van der Waals surface area contributed by atoms with E-state index in [2.05, 4.69) is 10.3 Å². The van der Waals surface area contributed by atoms with Crippen molar-refractivity contribution in [3.05, 3.63) is 27.0 Å². The average Bonchev–Trinajstić information content (AvgIpc) is 2.99. The standard InChI is InChI=1S/C13H15N3O3S/c1-7-6-20-13-15-11(18)9(12(19)16(7)13)10(17)14-8-4-2-3-5-8/h6,8,18H,2-5H2,1H3,(H,14,17). The van der Waals surface area contributed by atoms with Crippen LogP contribution in [0.1, 0.15) is 41.7 Å². The number of hydrogen-bond donors (Lipinski definition) is 2. The van der Waals surface area contributed by atoms with E-state index >= 15 is 0 Å². The quantitative estimate of drug-likeness (QED) is 0.877. The summed E-state index contributed by atoms with van der Waals surface area (Å²) < 4.78 is 1.36. The summed E-state index contributed by atoms with van der Waals surface area (Å²) in [6, 6.07) is 0.0885. The van der Waals surface area contributed by atoms with E-state index in [1.54, 1.807) is 12.3 Å². The monoisotopic (exact) mass is 293 g/mol. The minimum absolute atomic E-state index is 0.0885. The maximum atomic E-state index is 12.4. The van der Waals surface area contributed by atoms with E-state index in [0.717, 1.165) is 25.7 Å². The molecule has 2 heterocycles. The number of carbonyl (C=O) groups is 1. The molecule has 7 heteroatoms. The van der Waals surface area contributed by atoms with Crippen LogP contribution in [0.3, 0.4) is 0 Å². The topological polar surface area (TPSA) is 83.7 Å². The van der Waals surface area contributed by atoms with Crippen LogP contribution in [0.4, 0.5) is 0 Å². The Bertz CT molecular complexity index is 728. The number of aromatic hydroxyl groups is 1. The van der Waals surface area contributed by atoms with Gasteiger partial charge in [0.25, 0.3) is 11.5 Å². The molecule has 0 unspecified atom stereocenters. The molecule has 1 saturated carbocycles. The van der Waals surface area contributed by atoms with Crippen LogP contribution in [0.25, 0.3) is 4.96 Å². The summed E-state index contributed by atoms with van der Waals surface area (Å²) >= 11 is 1.26. The lowest BCUT2D eigenvalue weighted by molar-refractivity contribution is 0.0932. The predicted molar refractivity (Wildman–Crippen MR) is 75.5 cm³/mol. The highest BCUT2D eigenvalue weighted by Crippen LogP contribution is 2.20. The summed E-state index contributed by atoms with van der Waals surface area (Å²) in [7, 11) is 0. The number of thiazole rings is 1. The van der Waals surface area contributed by atoms with Crippen LogP contribution in [-0.2, 0) is 0 Å². The lowest BCUT2D eigenvalue weighted by Crippen LogP contribution is -2.37. The fourth-order valence-corrected chi connectivity index (χ4v) is 3.45. The van der Waals surface area contributed by atoms with E-state index in [0.29, 0.717) is 10.7 Å². The summed E-state index contributed by atoms with van der Waals surface area (Å²) in [5.74, 6) is -1.03. The second-order valence-electron chi connectivity index (χ2n) is 5.07. The Balaban J connectivity index is 2.03. The third-order valence-electron chi connectivity index (χ3n) is 3.64. The molecule has 20 heavy (non-hydrogen) atoms. The highest BCUT2D eigenvalue weighted by atomic mass is 32.1. The van der Waals surface area contributed by atoms with Crippen molar-refractivity contribution in [3.63, 3.8) is 0 Å². The molecule has 2 aromatic heterocycles. The number of nitrogens with one attached hydrogen (secondary N) is 1.